The minimum atomic E-state index is -4.65. The van der Waals surface area contributed by atoms with Gasteiger partial charge in [0.05, 0.1) is 29.9 Å². The van der Waals surface area contributed by atoms with Crippen molar-refractivity contribution in [3.63, 3.8) is 0 Å². The van der Waals surface area contributed by atoms with Crippen molar-refractivity contribution in [3.05, 3.63) is 47.3 Å². The van der Waals surface area contributed by atoms with Crippen LogP contribution in [0.3, 0.4) is 0 Å². The number of amides is 3. The number of benzene rings is 1. The number of carbonyl (C=O) groups excluding carboxylic acids is 3. The van der Waals surface area contributed by atoms with Crippen molar-refractivity contribution < 1.29 is 37.0 Å². The Morgan fingerprint density at radius 3 is 2.72 bits per heavy atom. The largest absolute Gasteiger partial charge is 0.491 e. The molecule has 1 N–H and O–H groups in total. The zero-order chi connectivity index (χ0) is 28.2. The minimum absolute atomic E-state index is 0.0262. The molecule has 1 aromatic carbocycles. The number of hydrogen-bond acceptors (Lipinski definition) is 7. The second-order valence-electron chi connectivity index (χ2n) is 9.52. The Bertz CT molecular complexity index is 1200. The Morgan fingerprint density at radius 2 is 2.03 bits per heavy atom. The quantitative estimate of drug-likeness (QED) is 0.596. The molecular formula is C25H31F3N6O5. The number of halogens is 3. The van der Waals surface area contributed by atoms with Crippen LogP contribution in [-0.2, 0) is 34.1 Å². The molecule has 4 rings (SSSR count). The van der Waals surface area contributed by atoms with Crippen LogP contribution in [0, 0.1) is 0 Å². The number of aryl methyl sites for hydroxylation is 1. The second kappa shape index (κ2) is 12.0. The number of alkyl halides is 3. The molecule has 3 amide bonds. The highest BCUT2D eigenvalue weighted by molar-refractivity contribution is 5.97. The van der Waals surface area contributed by atoms with Gasteiger partial charge in [0.1, 0.15) is 19.0 Å². The summed E-state index contributed by atoms with van der Waals surface area (Å²) in [4.78, 5) is 44.0. The summed E-state index contributed by atoms with van der Waals surface area (Å²) in [7, 11) is 3.18. The molecule has 0 radical (unpaired) electrons. The molecule has 3 heterocycles. The first-order valence-electron chi connectivity index (χ1n) is 12.4. The number of rotatable bonds is 4. The average molecular weight is 553 g/mol. The maximum absolute atomic E-state index is 13.5. The van der Waals surface area contributed by atoms with Crippen molar-refractivity contribution in [2.24, 2.45) is 7.05 Å². The number of nitrogens with one attached hydrogen (secondary N) is 1. The SMILES string of the molecule is COCC(=O)N1CCN2C(=O)CN(Cc3cnn(C)c3)CCNC(=O)c3cc(C(F)(F)F)ccc3OC[C@@H]2C1. The van der Waals surface area contributed by atoms with Gasteiger partial charge >= 0.3 is 6.18 Å². The van der Waals surface area contributed by atoms with Crippen molar-refractivity contribution in [1.29, 1.82) is 0 Å². The lowest BCUT2D eigenvalue weighted by molar-refractivity contribution is -0.146. The molecule has 0 bridgehead atoms. The molecule has 0 aliphatic carbocycles. The fraction of sp³-hybridized carbons (Fsp3) is 0.520. The van der Waals surface area contributed by atoms with Crippen LogP contribution in [0.1, 0.15) is 21.5 Å². The van der Waals surface area contributed by atoms with Gasteiger partial charge in [0.25, 0.3) is 5.91 Å². The topological polar surface area (TPSA) is 109 Å². The molecule has 14 heteroatoms. The summed E-state index contributed by atoms with van der Waals surface area (Å²) in [6.07, 6.45) is -1.16. The fourth-order valence-corrected chi connectivity index (χ4v) is 4.69. The average Bonchev–Trinajstić information content (AvgIpc) is 3.30. The lowest BCUT2D eigenvalue weighted by atomic mass is 10.1. The Kier molecular flexibility index (Phi) is 8.75. The maximum atomic E-state index is 13.5. The van der Waals surface area contributed by atoms with Crippen LogP contribution in [0.4, 0.5) is 13.2 Å². The molecular weight excluding hydrogens is 521 g/mol. The standard InChI is InChI=1S/C25H31F3N6O5/c1-31-11-17(10-30-31)12-32-6-5-29-24(37)20-9-18(25(26,27)28)3-4-21(20)39-15-19-13-33(23(36)16-38-2)7-8-34(19)22(35)14-32/h3-4,9-11,19H,5-8,12-16H2,1-2H3,(H,29,37)/t19-/m0/s1. The molecule has 0 spiro atoms. The van der Waals surface area contributed by atoms with Crippen molar-refractivity contribution in [1.82, 2.24) is 29.8 Å². The molecule has 2 aliphatic heterocycles. The molecule has 1 saturated heterocycles. The molecule has 2 aliphatic rings. The third-order valence-corrected chi connectivity index (χ3v) is 6.64. The van der Waals surface area contributed by atoms with Gasteiger partial charge in [-0.15, -0.1) is 0 Å². The Labute approximate surface area is 223 Å². The van der Waals surface area contributed by atoms with E-state index in [0.29, 0.717) is 13.1 Å². The van der Waals surface area contributed by atoms with Gasteiger partial charge in [-0.3, -0.25) is 24.0 Å². The lowest BCUT2D eigenvalue weighted by Gasteiger charge is -2.41. The first-order chi connectivity index (χ1) is 18.5. The van der Waals surface area contributed by atoms with Gasteiger partial charge in [-0.25, -0.2) is 0 Å². The molecule has 1 aromatic heterocycles. The number of piperazine rings is 1. The third-order valence-electron chi connectivity index (χ3n) is 6.64. The van der Waals surface area contributed by atoms with E-state index in [1.54, 1.807) is 27.7 Å². The molecule has 0 saturated carbocycles. The zero-order valence-corrected chi connectivity index (χ0v) is 21.7. The first-order valence-corrected chi connectivity index (χ1v) is 12.4. The van der Waals surface area contributed by atoms with E-state index in [4.69, 9.17) is 9.47 Å². The predicted molar refractivity (Wildman–Crippen MR) is 132 cm³/mol. The highest BCUT2D eigenvalue weighted by Gasteiger charge is 2.35. The molecule has 1 fully saturated rings. The number of ether oxygens (including phenoxy) is 2. The zero-order valence-electron chi connectivity index (χ0n) is 21.7. The van der Waals surface area contributed by atoms with E-state index in [1.165, 1.54) is 7.11 Å². The summed E-state index contributed by atoms with van der Waals surface area (Å²) >= 11 is 0. The highest BCUT2D eigenvalue weighted by atomic mass is 19.4. The minimum Gasteiger partial charge on any atom is -0.491 e. The monoisotopic (exact) mass is 552 g/mol. The van der Waals surface area contributed by atoms with Gasteiger partial charge < -0.3 is 24.6 Å². The number of hydrogen-bond donors (Lipinski definition) is 1. The van der Waals surface area contributed by atoms with Gasteiger partial charge in [-0.1, -0.05) is 0 Å². The third kappa shape index (κ3) is 7.06. The second-order valence-corrected chi connectivity index (χ2v) is 9.52. The van der Waals surface area contributed by atoms with Crippen molar-refractivity contribution in [3.8, 4) is 5.75 Å². The normalized spacial score (nSPS) is 19.7. The summed E-state index contributed by atoms with van der Waals surface area (Å²) in [6, 6.07) is 2.12. The van der Waals surface area contributed by atoms with E-state index in [2.05, 4.69) is 10.4 Å². The van der Waals surface area contributed by atoms with E-state index in [1.807, 2.05) is 11.1 Å². The predicted octanol–water partition coefficient (Wildman–Crippen LogP) is 0.749. The van der Waals surface area contributed by atoms with E-state index < -0.39 is 23.7 Å². The Balaban J connectivity index is 1.64. The number of aromatic nitrogens is 2. The van der Waals surface area contributed by atoms with Crippen LogP contribution >= 0.6 is 0 Å². The summed E-state index contributed by atoms with van der Waals surface area (Å²) in [6.45, 7) is 1.21. The molecule has 1 atom stereocenters. The number of methoxy groups -OCH3 is 1. The van der Waals surface area contributed by atoms with Gasteiger partial charge in [0.2, 0.25) is 11.8 Å². The summed E-state index contributed by atoms with van der Waals surface area (Å²) < 4.78 is 52.7. The van der Waals surface area contributed by atoms with E-state index >= 15 is 0 Å². The maximum Gasteiger partial charge on any atom is 0.416 e. The van der Waals surface area contributed by atoms with Gasteiger partial charge in [-0.2, -0.15) is 18.3 Å². The van der Waals surface area contributed by atoms with Gasteiger partial charge in [0, 0.05) is 65.2 Å². The Morgan fingerprint density at radius 1 is 1.23 bits per heavy atom. The van der Waals surface area contributed by atoms with Crippen LogP contribution in [0.15, 0.2) is 30.6 Å². The number of fused-ring (bicyclic) bond motifs is 2. The van der Waals surface area contributed by atoms with Gasteiger partial charge in [0.15, 0.2) is 0 Å². The first kappa shape index (κ1) is 28.4. The summed E-state index contributed by atoms with van der Waals surface area (Å²) in [5, 5.41) is 6.81. The van der Waals surface area contributed by atoms with E-state index in [-0.39, 0.29) is 69.1 Å². The van der Waals surface area contributed by atoms with Gasteiger partial charge in [-0.05, 0) is 18.2 Å². The van der Waals surface area contributed by atoms with Crippen LogP contribution in [-0.4, -0.2) is 108 Å². The summed E-state index contributed by atoms with van der Waals surface area (Å²) in [5.41, 5.74) is -0.381. The molecule has 11 nitrogen and oxygen atoms in total. The molecule has 212 valence electrons. The summed E-state index contributed by atoms with van der Waals surface area (Å²) in [5.74, 6) is -1.20. The smallest absolute Gasteiger partial charge is 0.416 e. The van der Waals surface area contributed by atoms with Crippen LogP contribution in [0.5, 0.6) is 5.75 Å². The van der Waals surface area contributed by atoms with Crippen molar-refractivity contribution in [2.45, 2.75) is 18.8 Å². The van der Waals surface area contributed by atoms with Crippen molar-refractivity contribution >= 4 is 17.7 Å². The molecule has 39 heavy (non-hydrogen) atoms. The van der Waals surface area contributed by atoms with Crippen LogP contribution < -0.4 is 10.1 Å². The lowest BCUT2D eigenvalue weighted by Crippen LogP contribution is -2.60. The van der Waals surface area contributed by atoms with E-state index in [0.717, 1.165) is 23.8 Å². The molecule has 0 unspecified atom stereocenters. The number of nitrogens with zero attached hydrogens (tertiary/aromatic N) is 5. The Hall–Kier alpha value is -3.65. The van der Waals surface area contributed by atoms with Crippen molar-refractivity contribution in [2.75, 3.05) is 59.6 Å². The van der Waals surface area contributed by atoms with E-state index in [9.17, 15) is 27.6 Å². The van der Waals surface area contributed by atoms with Crippen LogP contribution in [0.2, 0.25) is 0 Å². The fourth-order valence-electron chi connectivity index (χ4n) is 4.69. The molecule has 2 aromatic rings. The van der Waals surface area contributed by atoms with Crippen LogP contribution in [0.25, 0.3) is 0 Å². The number of carbonyl (C=O) groups is 3. The highest BCUT2D eigenvalue weighted by Crippen LogP contribution is 2.33.